The summed E-state index contributed by atoms with van der Waals surface area (Å²) in [5.41, 5.74) is 1.71. The molecule has 0 aromatic heterocycles. The molecule has 1 N–H and O–H groups in total. The number of hydrogen-bond acceptors (Lipinski definition) is 2. The van der Waals surface area contributed by atoms with Crippen molar-refractivity contribution in [1.29, 1.82) is 0 Å². The highest BCUT2D eigenvalue weighted by Crippen LogP contribution is 2.38. The average molecular weight is 260 g/mol. The Morgan fingerprint density at radius 2 is 2.35 bits per heavy atom. The molecule has 0 heterocycles. The van der Waals surface area contributed by atoms with E-state index in [2.05, 4.69) is 25.2 Å². The summed E-state index contributed by atoms with van der Waals surface area (Å²) in [6.07, 6.45) is 6.71. The van der Waals surface area contributed by atoms with Crippen molar-refractivity contribution in [2.75, 3.05) is 26.8 Å². The highest BCUT2D eigenvalue weighted by atomic mass is 35.5. The van der Waals surface area contributed by atoms with E-state index in [-0.39, 0.29) is 5.41 Å². The second kappa shape index (κ2) is 7.40. The Morgan fingerprint density at radius 1 is 1.59 bits per heavy atom. The zero-order valence-electron chi connectivity index (χ0n) is 11.4. The molecule has 0 spiro atoms. The summed E-state index contributed by atoms with van der Waals surface area (Å²) in [5, 5.41) is 3.73. The minimum atomic E-state index is 0.175. The lowest BCUT2D eigenvalue weighted by molar-refractivity contribution is 0.106. The van der Waals surface area contributed by atoms with Crippen LogP contribution in [-0.4, -0.2) is 32.2 Å². The molecule has 1 aliphatic rings. The first-order valence-corrected chi connectivity index (χ1v) is 7.09. The third kappa shape index (κ3) is 4.61. The second-order valence-corrected chi connectivity index (χ2v) is 5.82. The molecular weight excluding hydrogens is 234 g/mol. The molecule has 0 radical (unpaired) electrons. The molecule has 2 atom stereocenters. The molecule has 0 fully saturated rings. The maximum atomic E-state index is 6.15. The van der Waals surface area contributed by atoms with E-state index in [0.717, 1.165) is 45.4 Å². The molecule has 0 aliphatic heterocycles. The fourth-order valence-corrected chi connectivity index (χ4v) is 2.73. The lowest BCUT2D eigenvalue weighted by Gasteiger charge is -2.34. The van der Waals surface area contributed by atoms with E-state index in [0.29, 0.717) is 5.38 Å². The van der Waals surface area contributed by atoms with Gasteiger partial charge in [0.05, 0.1) is 6.61 Å². The highest BCUT2D eigenvalue weighted by molar-refractivity contribution is 6.20. The van der Waals surface area contributed by atoms with Crippen LogP contribution in [0.25, 0.3) is 0 Å². The maximum Gasteiger partial charge on any atom is 0.0553 e. The molecule has 3 heteroatoms. The molecule has 2 unspecified atom stereocenters. The first-order chi connectivity index (χ1) is 8.12. The van der Waals surface area contributed by atoms with Crippen LogP contribution in [0.15, 0.2) is 11.6 Å². The maximum absolute atomic E-state index is 6.15. The van der Waals surface area contributed by atoms with Crippen molar-refractivity contribution in [2.45, 2.75) is 44.9 Å². The fraction of sp³-hybridized carbons (Fsp3) is 0.857. The van der Waals surface area contributed by atoms with Gasteiger partial charge in [-0.1, -0.05) is 25.5 Å². The van der Waals surface area contributed by atoms with Crippen LogP contribution in [-0.2, 0) is 4.74 Å². The predicted molar refractivity (Wildman–Crippen MR) is 74.7 cm³/mol. The zero-order valence-corrected chi connectivity index (χ0v) is 12.1. The molecule has 2 nitrogen and oxygen atoms in total. The molecule has 100 valence electrons. The molecule has 0 aromatic carbocycles. The van der Waals surface area contributed by atoms with Gasteiger partial charge in [0, 0.05) is 17.9 Å². The van der Waals surface area contributed by atoms with Crippen molar-refractivity contribution >= 4 is 11.6 Å². The average Bonchev–Trinajstić information content (AvgIpc) is 2.30. The zero-order chi connectivity index (χ0) is 12.7. The third-order valence-corrected chi connectivity index (χ3v) is 4.09. The number of alkyl halides is 1. The largest absolute Gasteiger partial charge is 0.384 e. The summed E-state index contributed by atoms with van der Waals surface area (Å²) in [4.78, 5) is 0. The molecule has 0 aromatic rings. The van der Waals surface area contributed by atoms with E-state index < -0.39 is 0 Å². The van der Waals surface area contributed by atoms with Crippen molar-refractivity contribution in [2.24, 2.45) is 5.41 Å². The van der Waals surface area contributed by atoms with E-state index >= 15 is 0 Å². The number of allylic oxidation sites excluding steroid dienone is 1. The Kier molecular flexibility index (Phi) is 6.53. The summed E-state index contributed by atoms with van der Waals surface area (Å²) in [6.45, 7) is 7.35. The van der Waals surface area contributed by atoms with Crippen LogP contribution in [0, 0.1) is 5.41 Å². The standard InChI is InChI=1S/C14H26ClNO/c1-4-16-10-9-14(2,11-17-3)12-5-7-13(15)8-6-12/h5,13,16H,4,6-11H2,1-3H3. The molecule has 0 bridgehead atoms. The Morgan fingerprint density at radius 3 is 2.88 bits per heavy atom. The summed E-state index contributed by atoms with van der Waals surface area (Å²) in [6, 6.07) is 0. The Hall–Kier alpha value is -0.0500. The van der Waals surface area contributed by atoms with Gasteiger partial charge in [0.25, 0.3) is 0 Å². The number of nitrogens with one attached hydrogen (secondary N) is 1. The minimum absolute atomic E-state index is 0.175. The smallest absolute Gasteiger partial charge is 0.0553 e. The lowest BCUT2D eigenvalue weighted by atomic mass is 9.75. The summed E-state index contributed by atoms with van der Waals surface area (Å²) in [5.74, 6) is 0. The quantitative estimate of drug-likeness (QED) is 0.430. The molecular formula is C14H26ClNO. The number of rotatable bonds is 7. The van der Waals surface area contributed by atoms with Crippen LogP contribution in [0.2, 0.25) is 0 Å². The molecule has 0 saturated carbocycles. The fourth-order valence-electron chi connectivity index (χ4n) is 2.54. The Labute approximate surface area is 111 Å². The van der Waals surface area contributed by atoms with Crippen LogP contribution >= 0.6 is 11.6 Å². The second-order valence-electron chi connectivity index (χ2n) is 5.20. The van der Waals surface area contributed by atoms with Gasteiger partial charge in [-0.05, 0) is 38.8 Å². The van der Waals surface area contributed by atoms with E-state index in [4.69, 9.17) is 16.3 Å². The highest BCUT2D eigenvalue weighted by Gasteiger charge is 2.30. The number of halogens is 1. The van der Waals surface area contributed by atoms with Crippen LogP contribution in [0.3, 0.4) is 0 Å². The molecule has 0 amide bonds. The van der Waals surface area contributed by atoms with Crippen molar-refractivity contribution in [3.05, 3.63) is 11.6 Å². The molecule has 17 heavy (non-hydrogen) atoms. The molecule has 0 saturated heterocycles. The van der Waals surface area contributed by atoms with Gasteiger partial charge in [-0.3, -0.25) is 0 Å². The van der Waals surface area contributed by atoms with Crippen LogP contribution in [0.4, 0.5) is 0 Å². The summed E-state index contributed by atoms with van der Waals surface area (Å²) < 4.78 is 5.42. The van der Waals surface area contributed by atoms with Crippen molar-refractivity contribution < 1.29 is 4.74 Å². The first kappa shape index (κ1) is 15.0. The normalized spacial score (nSPS) is 24.2. The van der Waals surface area contributed by atoms with E-state index in [9.17, 15) is 0 Å². The van der Waals surface area contributed by atoms with Gasteiger partial charge >= 0.3 is 0 Å². The van der Waals surface area contributed by atoms with Crippen LogP contribution in [0.5, 0.6) is 0 Å². The molecule has 1 aliphatic carbocycles. The number of hydrogen-bond donors (Lipinski definition) is 1. The molecule has 1 rings (SSSR count). The van der Waals surface area contributed by atoms with Crippen LogP contribution in [0.1, 0.15) is 39.5 Å². The van der Waals surface area contributed by atoms with Crippen LogP contribution < -0.4 is 5.32 Å². The van der Waals surface area contributed by atoms with E-state index in [1.165, 1.54) is 5.57 Å². The topological polar surface area (TPSA) is 21.3 Å². The Balaban J connectivity index is 2.62. The SMILES string of the molecule is CCNCCC(C)(COC)C1=CCC(Cl)CC1. The van der Waals surface area contributed by atoms with Gasteiger partial charge in [-0.25, -0.2) is 0 Å². The van der Waals surface area contributed by atoms with Gasteiger partial charge in [0.1, 0.15) is 0 Å². The predicted octanol–water partition coefficient (Wildman–Crippen LogP) is 3.36. The van der Waals surface area contributed by atoms with Crippen molar-refractivity contribution in [3.8, 4) is 0 Å². The summed E-state index contributed by atoms with van der Waals surface area (Å²) in [7, 11) is 1.79. The third-order valence-electron chi connectivity index (χ3n) is 3.69. The van der Waals surface area contributed by atoms with Crippen molar-refractivity contribution in [3.63, 3.8) is 0 Å². The van der Waals surface area contributed by atoms with Gasteiger partial charge in [-0.15, -0.1) is 11.6 Å². The first-order valence-electron chi connectivity index (χ1n) is 6.65. The van der Waals surface area contributed by atoms with Crippen molar-refractivity contribution in [1.82, 2.24) is 5.32 Å². The van der Waals surface area contributed by atoms with Gasteiger partial charge in [0.15, 0.2) is 0 Å². The lowest BCUT2D eigenvalue weighted by Crippen LogP contribution is -2.31. The van der Waals surface area contributed by atoms with E-state index in [1.54, 1.807) is 7.11 Å². The van der Waals surface area contributed by atoms with E-state index in [1.807, 2.05) is 0 Å². The van der Waals surface area contributed by atoms with Gasteiger partial charge in [-0.2, -0.15) is 0 Å². The Bertz CT molecular complexity index is 255. The monoisotopic (exact) mass is 259 g/mol. The van der Waals surface area contributed by atoms with Gasteiger partial charge in [0.2, 0.25) is 0 Å². The number of ether oxygens (including phenoxy) is 1. The number of methoxy groups -OCH3 is 1. The van der Waals surface area contributed by atoms with Gasteiger partial charge < -0.3 is 10.1 Å². The minimum Gasteiger partial charge on any atom is -0.384 e. The summed E-state index contributed by atoms with van der Waals surface area (Å²) >= 11 is 6.15.